The van der Waals surface area contributed by atoms with Crippen LogP contribution in [-0.4, -0.2) is 35.5 Å². The lowest BCUT2D eigenvalue weighted by Gasteiger charge is -2.28. The first-order valence-electron chi connectivity index (χ1n) is 9.36. The lowest BCUT2D eigenvalue weighted by molar-refractivity contribution is 0.261. The molecule has 0 amide bonds. The summed E-state index contributed by atoms with van der Waals surface area (Å²) < 4.78 is 7.82. The van der Waals surface area contributed by atoms with Crippen LogP contribution in [0.4, 0.5) is 0 Å². The highest BCUT2D eigenvalue weighted by Crippen LogP contribution is 2.31. The highest BCUT2D eigenvalue weighted by atomic mass is 16.5. The van der Waals surface area contributed by atoms with Crippen molar-refractivity contribution in [2.24, 2.45) is 4.99 Å². The second-order valence-corrected chi connectivity index (χ2v) is 6.78. The number of pyridine rings is 1. The van der Waals surface area contributed by atoms with Crippen LogP contribution in [0, 0.1) is 6.92 Å². The Morgan fingerprint density at radius 1 is 1.30 bits per heavy atom. The number of aliphatic imine (C=N–C) groups is 1. The number of rotatable bonds is 4. The van der Waals surface area contributed by atoms with Crippen LogP contribution in [0.5, 0.6) is 5.75 Å². The molecule has 1 aliphatic heterocycles. The summed E-state index contributed by atoms with van der Waals surface area (Å²) in [5, 5.41) is 6.92. The Morgan fingerprint density at radius 3 is 3.04 bits per heavy atom. The number of fused-ring (bicyclic) bond motifs is 2. The fourth-order valence-corrected chi connectivity index (χ4v) is 3.49. The van der Waals surface area contributed by atoms with Crippen molar-refractivity contribution in [3.63, 3.8) is 0 Å². The molecule has 27 heavy (non-hydrogen) atoms. The lowest BCUT2D eigenvalue weighted by Crippen LogP contribution is -2.41. The van der Waals surface area contributed by atoms with Gasteiger partial charge in [-0.2, -0.15) is 0 Å². The fraction of sp³-hybridized carbons (Fsp3) is 0.333. The van der Waals surface area contributed by atoms with Crippen LogP contribution in [0.15, 0.2) is 53.8 Å². The number of benzene rings is 1. The molecule has 2 aromatic heterocycles. The van der Waals surface area contributed by atoms with Crippen LogP contribution in [0.25, 0.3) is 5.65 Å². The molecule has 0 aliphatic carbocycles. The van der Waals surface area contributed by atoms with E-state index >= 15 is 0 Å². The van der Waals surface area contributed by atoms with E-state index < -0.39 is 0 Å². The number of hydrogen-bond donors (Lipinski definition) is 2. The Balaban J connectivity index is 1.36. The summed E-state index contributed by atoms with van der Waals surface area (Å²) in [5.41, 5.74) is 4.47. The average molecular weight is 363 g/mol. The Kier molecular flexibility index (Phi) is 4.96. The van der Waals surface area contributed by atoms with Crippen molar-refractivity contribution in [1.29, 1.82) is 0 Å². The molecule has 0 fully saturated rings. The molecule has 0 radical (unpaired) electrons. The fourth-order valence-electron chi connectivity index (χ4n) is 3.49. The van der Waals surface area contributed by atoms with Gasteiger partial charge in [-0.25, -0.2) is 4.98 Å². The molecule has 0 spiro atoms. The van der Waals surface area contributed by atoms with E-state index in [1.165, 1.54) is 11.1 Å². The van der Waals surface area contributed by atoms with E-state index in [1.54, 1.807) is 7.05 Å². The molecule has 3 heterocycles. The molecule has 0 saturated carbocycles. The monoisotopic (exact) mass is 363 g/mol. The summed E-state index contributed by atoms with van der Waals surface area (Å²) in [4.78, 5) is 9.10. The molecular formula is C21H25N5O. The maximum absolute atomic E-state index is 5.74. The SMILES string of the molecule is CN=C(NCCc1cn2cccc(C)c2n1)NC1CCOc2ccccc21. The highest BCUT2D eigenvalue weighted by molar-refractivity contribution is 5.80. The van der Waals surface area contributed by atoms with E-state index in [0.29, 0.717) is 6.61 Å². The second-order valence-electron chi connectivity index (χ2n) is 6.78. The van der Waals surface area contributed by atoms with Gasteiger partial charge in [0.05, 0.1) is 18.3 Å². The van der Waals surface area contributed by atoms with Crippen LogP contribution >= 0.6 is 0 Å². The van der Waals surface area contributed by atoms with Crippen molar-refractivity contribution < 1.29 is 4.74 Å². The molecule has 0 saturated heterocycles. The predicted molar refractivity (Wildman–Crippen MR) is 107 cm³/mol. The molecule has 1 unspecified atom stereocenters. The van der Waals surface area contributed by atoms with Crippen molar-refractivity contribution >= 4 is 11.6 Å². The number of guanidine groups is 1. The Morgan fingerprint density at radius 2 is 2.19 bits per heavy atom. The smallest absolute Gasteiger partial charge is 0.191 e. The van der Waals surface area contributed by atoms with Crippen molar-refractivity contribution in [2.45, 2.75) is 25.8 Å². The molecule has 0 bridgehead atoms. The quantitative estimate of drug-likeness (QED) is 0.553. The molecule has 1 atom stereocenters. The number of imidazole rings is 1. The van der Waals surface area contributed by atoms with Crippen LogP contribution in [0.2, 0.25) is 0 Å². The number of nitrogens with one attached hydrogen (secondary N) is 2. The number of nitrogens with zero attached hydrogens (tertiary/aromatic N) is 3. The van der Waals surface area contributed by atoms with Gasteiger partial charge in [0.1, 0.15) is 11.4 Å². The van der Waals surface area contributed by atoms with E-state index in [-0.39, 0.29) is 6.04 Å². The van der Waals surface area contributed by atoms with Crippen molar-refractivity contribution in [2.75, 3.05) is 20.2 Å². The number of hydrogen-bond acceptors (Lipinski definition) is 3. The number of ether oxygens (including phenoxy) is 1. The van der Waals surface area contributed by atoms with E-state index in [9.17, 15) is 0 Å². The Hall–Kier alpha value is -3.02. The molecule has 4 rings (SSSR count). The zero-order chi connectivity index (χ0) is 18.6. The average Bonchev–Trinajstić information content (AvgIpc) is 3.12. The van der Waals surface area contributed by atoms with Gasteiger partial charge in [-0.1, -0.05) is 24.3 Å². The first kappa shape index (κ1) is 17.4. The second kappa shape index (κ2) is 7.70. The first-order valence-corrected chi connectivity index (χ1v) is 9.36. The van der Waals surface area contributed by atoms with Gasteiger partial charge in [-0.15, -0.1) is 0 Å². The molecule has 2 N–H and O–H groups in total. The van der Waals surface area contributed by atoms with Crippen molar-refractivity contribution in [3.05, 3.63) is 65.6 Å². The minimum absolute atomic E-state index is 0.207. The molecule has 3 aromatic rings. The van der Waals surface area contributed by atoms with E-state index in [1.807, 2.05) is 30.5 Å². The number of aromatic nitrogens is 2. The number of aryl methyl sites for hydroxylation is 1. The minimum atomic E-state index is 0.207. The van der Waals surface area contributed by atoms with Gasteiger partial charge in [0.2, 0.25) is 0 Å². The third-order valence-corrected chi connectivity index (χ3v) is 4.89. The van der Waals surface area contributed by atoms with Crippen molar-refractivity contribution in [3.8, 4) is 5.75 Å². The summed E-state index contributed by atoms with van der Waals surface area (Å²) in [6.45, 7) is 3.57. The summed E-state index contributed by atoms with van der Waals surface area (Å²) >= 11 is 0. The zero-order valence-corrected chi connectivity index (χ0v) is 15.8. The topological polar surface area (TPSA) is 63.0 Å². The Bertz CT molecular complexity index is 962. The van der Waals surface area contributed by atoms with Gasteiger partial charge in [-0.3, -0.25) is 4.99 Å². The zero-order valence-electron chi connectivity index (χ0n) is 15.8. The normalized spacial score (nSPS) is 16.7. The van der Waals surface area contributed by atoms with E-state index in [4.69, 9.17) is 9.72 Å². The van der Waals surface area contributed by atoms with Crippen LogP contribution in [-0.2, 0) is 6.42 Å². The van der Waals surface area contributed by atoms with Crippen molar-refractivity contribution in [1.82, 2.24) is 20.0 Å². The standard InChI is InChI=1S/C21H25N5O/c1-15-6-5-12-26-14-16(24-20(15)26)9-11-23-21(22-2)25-18-10-13-27-19-8-4-3-7-17(18)19/h3-8,12,14,18H,9-11,13H2,1-2H3,(H2,22,23,25). The van der Waals surface area contributed by atoms with Gasteiger partial charge >= 0.3 is 0 Å². The number of para-hydroxylation sites is 1. The molecular weight excluding hydrogens is 338 g/mol. The minimum Gasteiger partial charge on any atom is -0.493 e. The van der Waals surface area contributed by atoms with Gasteiger partial charge < -0.3 is 19.8 Å². The van der Waals surface area contributed by atoms with Crippen LogP contribution in [0.3, 0.4) is 0 Å². The predicted octanol–water partition coefficient (Wildman–Crippen LogP) is 2.87. The highest BCUT2D eigenvalue weighted by Gasteiger charge is 2.21. The maximum Gasteiger partial charge on any atom is 0.191 e. The molecule has 140 valence electrons. The summed E-state index contributed by atoms with van der Waals surface area (Å²) in [6.07, 6.45) is 5.89. The van der Waals surface area contributed by atoms with Crippen LogP contribution < -0.4 is 15.4 Å². The molecule has 6 heteroatoms. The summed E-state index contributed by atoms with van der Waals surface area (Å²) in [7, 11) is 1.80. The molecule has 1 aliphatic rings. The first-order chi connectivity index (χ1) is 13.2. The third-order valence-electron chi connectivity index (χ3n) is 4.89. The maximum atomic E-state index is 5.74. The summed E-state index contributed by atoms with van der Waals surface area (Å²) in [6, 6.07) is 12.5. The molecule has 1 aromatic carbocycles. The van der Waals surface area contributed by atoms with Gasteiger partial charge in [-0.05, 0) is 24.6 Å². The van der Waals surface area contributed by atoms with Gasteiger partial charge in [0, 0.05) is 44.4 Å². The van der Waals surface area contributed by atoms with E-state index in [0.717, 1.165) is 42.4 Å². The van der Waals surface area contributed by atoms with E-state index in [2.05, 4.69) is 45.3 Å². The lowest BCUT2D eigenvalue weighted by atomic mass is 10.0. The largest absolute Gasteiger partial charge is 0.493 e. The summed E-state index contributed by atoms with van der Waals surface area (Å²) in [5.74, 6) is 1.76. The van der Waals surface area contributed by atoms with Crippen LogP contribution in [0.1, 0.15) is 29.3 Å². The molecule has 6 nitrogen and oxygen atoms in total. The van der Waals surface area contributed by atoms with Gasteiger partial charge in [0.15, 0.2) is 5.96 Å². The van der Waals surface area contributed by atoms with Gasteiger partial charge in [0.25, 0.3) is 0 Å². The Labute approximate surface area is 159 Å². The third kappa shape index (κ3) is 3.74.